The van der Waals surface area contributed by atoms with E-state index in [2.05, 4.69) is 16.8 Å². The number of carboxylic acid groups (broad SMARTS) is 1. The largest absolute Gasteiger partial charge is 0.477 e. The zero-order valence-electron chi connectivity index (χ0n) is 10.8. The van der Waals surface area contributed by atoms with Gasteiger partial charge in [0.1, 0.15) is 5.69 Å². The van der Waals surface area contributed by atoms with Crippen LogP contribution in [0.15, 0.2) is 18.3 Å². The zero-order valence-corrected chi connectivity index (χ0v) is 10.8. The Labute approximate surface area is 108 Å². The van der Waals surface area contributed by atoms with Crippen LogP contribution in [0.2, 0.25) is 0 Å². The third kappa shape index (κ3) is 2.81. The summed E-state index contributed by atoms with van der Waals surface area (Å²) in [7, 11) is 0. The highest BCUT2D eigenvalue weighted by atomic mass is 16.4. The number of hydrogen-bond acceptors (Lipinski definition) is 3. The van der Waals surface area contributed by atoms with E-state index in [1.807, 2.05) is 6.07 Å². The third-order valence-electron chi connectivity index (χ3n) is 3.55. The highest BCUT2D eigenvalue weighted by Crippen LogP contribution is 2.26. The summed E-state index contributed by atoms with van der Waals surface area (Å²) in [6.45, 7) is 3.26. The van der Waals surface area contributed by atoms with Crippen molar-refractivity contribution in [1.29, 1.82) is 0 Å². The van der Waals surface area contributed by atoms with E-state index in [1.165, 1.54) is 32.1 Å². The smallest absolute Gasteiger partial charge is 0.354 e. The lowest BCUT2D eigenvalue weighted by molar-refractivity contribution is 0.0690. The topological polar surface area (TPSA) is 53.4 Å². The number of carboxylic acids is 1. The van der Waals surface area contributed by atoms with Crippen molar-refractivity contribution >= 4 is 11.7 Å². The van der Waals surface area contributed by atoms with E-state index >= 15 is 0 Å². The van der Waals surface area contributed by atoms with Gasteiger partial charge in [-0.2, -0.15) is 0 Å². The van der Waals surface area contributed by atoms with Crippen LogP contribution in [0.1, 0.15) is 49.5 Å². The molecule has 0 aliphatic carbocycles. The number of pyridine rings is 1. The van der Waals surface area contributed by atoms with Crippen LogP contribution in [0.25, 0.3) is 0 Å². The highest BCUT2D eigenvalue weighted by Gasteiger charge is 2.22. The first kappa shape index (κ1) is 12.9. The van der Waals surface area contributed by atoms with Gasteiger partial charge in [-0.05, 0) is 37.8 Å². The fraction of sp³-hybridized carbons (Fsp3) is 0.571. The molecule has 1 saturated heterocycles. The Bertz CT molecular complexity index is 401. The molecule has 18 heavy (non-hydrogen) atoms. The lowest BCUT2D eigenvalue weighted by Gasteiger charge is -2.37. The predicted octanol–water partition coefficient (Wildman–Crippen LogP) is 2.94. The van der Waals surface area contributed by atoms with Gasteiger partial charge in [0.2, 0.25) is 0 Å². The van der Waals surface area contributed by atoms with Crippen molar-refractivity contribution in [2.45, 2.75) is 45.1 Å². The normalized spacial score (nSPS) is 19.8. The Morgan fingerprint density at radius 1 is 1.50 bits per heavy atom. The summed E-state index contributed by atoms with van der Waals surface area (Å²) in [6.07, 6.45) is 7.80. The van der Waals surface area contributed by atoms with E-state index in [4.69, 9.17) is 5.11 Å². The number of piperidine rings is 1. The summed E-state index contributed by atoms with van der Waals surface area (Å²) >= 11 is 0. The molecule has 98 valence electrons. The van der Waals surface area contributed by atoms with Crippen molar-refractivity contribution in [3.8, 4) is 0 Å². The van der Waals surface area contributed by atoms with E-state index in [1.54, 1.807) is 12.3 Å². The highest BCUT2D eigenvalue weighted by molar-refractivity contribution is 5.85. The molecule has 2 rings (SSSR count). The molecule has 0 radical (unpaired) electrons. The maximum atomic E-state index is 10.8. The van der Waals surface area contributed by atoms with Crippen molar-refractivity contribution in [2.24, 2.45) is 0 Å². The molecular weight excluding hydrogens is 228 g/mol. The first-order valence-electron chi connectivity index (χ1n) is 6.68. The maximum absolute atomic E-state index is 10.8. The number of hydrogen-bond donors (Lipinski definition) is 1. The van der Waals surface area contributed by atoms with Gasteiger partial charge < -0.3 is 10.0 Å². The number of nitrogens with zero attached hydrogens (tertiary/aromatic N) is 2. The predicted molar refractivity (Wildman–Crippen MR) is 71.1 cm³/mol. The van der Waals surface area contributed by atoms with Gasteiger partial charge in [0.05, 0.1) is 11.9 Å². The first-order chi connectivity index (χ1) is 8.72. The average molecular weight is 248 g/mol. The number of anilines is 1. The van der Waals surface area contributed by atoms with Crippen LogP contribution in [-0.2, 0) is 0 Å². The van der Waals surface area contributed by atoms with Crippen molar-refractivity contribution in [1.82, 2.24) is 4.98 Å². The van der Waals surface area contributed by atoms with Crippen molar-refractivity contribution in [3.05, 3.63) is 24.0 Å². The Kier molecular flexibility index (Phi) is 4.18. The molecular formula is C14H20N2O2. The molecule has 1 aliphatic rings. The van der Waals surface area contributed by atoms with Crippen molar-refractivity contribution in [3.63, 3.8) is 0 Å². The van der Waals surface area contributed by atoms with Crippen molar-refractivity contribution < 1.29 is 9.90 Å². The third-order valence-corrected chi connectivity index (χ3v) is 3.55. The number of aromatic carboxylic acids is 1. The molecule has 1 atom stereocenters. The molecule has 0 bridgehead atoms. The Balaban J connectivity index is 2.15. The van der Waals surface area contributed by atoms with Gasteiger partial charge in [0.25, 0.3) is 0 Å². The molecule has 0 spiro atoms. The van der Waals surface area contributed by atoms with Crippen LogP contribution in [0.4, 0.5) is 5.69 Å². The molecule has 0 saturated carbocycles. The van der Waals surface area contributed by atoms with Crippen LogP contribution in [-0.4, -0.2) is 28.6 Å². The summed E-state index contributed by atoms with van der Waals surface area (Å²) in [4.78, 5) is 17.2. The van der Waals surface area contributed by atoms with Gasteiger partial charge >= 0.3 is 5.97 Å². The Morgan fingerprint density at radius 2 is 2.33 bits per heavy atom. The van der Waals surface area contributed by atoms with E-state index < -0.39 is 5.97 Å². The zero-order chi connectivity index (χ0) is 13.0. The summed E-state index contributed by atoms with van der Waals surface area (Å²) in [6, 6.07) is 4.06. The molecule has 1 aliphatic heterocycles. The van der Waals surface area contributed by atoms with Crippen LogP contribution in [0, 0.1) is 0 Å². The quantitative estimate of drug-likeness (QED) is 0.890. The minimum absolute atomic E-state index is 0.114. The monoisotopic (exact) mass is 248 g/mol. The molecule has 0 aromatic carbocycles. The minimum atomic E-state index is -0.967. The van der Waals surface area contributed by atoms with Gasteiger partial charge in [0, 0.05) is 12.6 Å². The average Bonchev–Trinajstić information content (AvgIpc) is 2.40. The lowest BCUT2D eigenvalue weighted by Crippen LogP contribution is -2.39. The lowest BCUT2D eigenvalue weighted by atomic mass is 9.98. The summed E-state index contributed by atoms with van der Waals surface area (Å²) in [5.41, 5.74) is 1.17. The molecule has 4 nitrogen and oxygen atoms in total. The number of rotatable bonds is 4. The molecule has 1 N–H and O–H groups in total. The second-order valence-electron chi connectivity index (χ2n) is 4.84. The van der Waals surface area contributed by atoms with Crippen LogP contribution >= 0.6 is 0 Å². The maximum Gasteiger partial charge on any atom is 0.354 e. The van der Waals surface area contributed by atoms with Gasteiger partial charge in [-0.25, -0.2) is 9.78 Å². The minimum Gasteiger partial charge on any atom is -0.477 e. The van der Waals surface area contributed by atoms with Gasteiger partial charge in [-0.15, -0.1) is 0 Å². The van der Waals surface area contributed by atoms with E-state index in [9.17, 15) is 4.79 Å². The van der Waals surface area contributed by atoms with E-state index in [-0.39, 0.29) is 5.69 Å². The Morgan fingerprint density at radius 3 is 2.94 bits per heavy atom. The summed E-state index contributed by atoms with van der Waals surface area (Å²) in [5.74, 6) is -0.967. The summed E-state index contributed by atoms with van der Waals surface area (Å²) in [5, 5.41) is 8.85. The van der Waals surface area contributed by atoms with Gasteiger partial charge in [-0.1, -0.05) is 13.3 Å². The number of carbonyl (C=O) groups is 1. The SMILES string of the molecule is CCCC1CCCCN1c1ccc(C(=O)O)nc1. The molecule has 1 aromatic rings. The second kappa shape index (κ2) is 5.85. The van der Waals surface area contributed by atoms with Crippen LogP contribution in [0.5, 0.6) is 0 Å². The van der Waals surface area contributed by atoms with E-state index in [0.717, 1.165) is 12.2 Å². The fourth-order valence-electron chi connectivity index (χ4n) is 2.66. The molecule has 4 heteroatoms. The standard InChI is InChI=1S/C14H20N2O2/c1-2-5-11-6-3-4-9-16(11)12-7-8-13(14(17)18)15-10-12/h7-8,10-11H,2-6,9H2,1H3,(H,17,18). The second-order valence-corrected chi connectivity index (χ2v) is 4.84. The molecule has 1 fully saturated rings. The van der Waals surface area contributed by atoms with Crippen molar-refractivity contribution in [2.75, 3.05) is 11.4 Å². The van der Waals surface area contributed by atoms with Gasteiger partial charge in [-0.3, -0.25) is 0 Å². The number of aromatic nitrogens is 1. The molecule has 0 amide bonds. The van der Waals surface area contributed by atoms with Gasteiger partial charge in [0.15, 0.2) is 0 Å². The fourth-order valence-corrected chi connectivity index (χ4v) is 2.66. The van der Waals surface area contributed by atoms with Crippen LogP contribution < -0.4 is 4.90 Å². The molecule has 1 unspecified atom stereocenters. The molecule has 2 heterocycles. The van der Waals surface area contributed by atoms with Crippen LogP contribution in [0.3, 0.4) is 0 Å². The Hall–Kier alpha value is -1.58. The van der Waals surface area contributed by atoms with E-state index in [0.29, 0.717) is 6.04 Å². The summed E-state index contributed by atoms with van der Waals surface area (Å²) < 4.78 is 0. The molecule has 1 aromatic heterocycles. The first-order valence-corrected chi connectivity index (χ1v) is 6.68.